The first-order valence-corrected chi connectivity index (χ1v) is 23.0. The van der Waals surface area contributed by atoms with E-state index >= 15 is 0 Å². The van der Waals surface area contributed by atoms with Crippen molar-refractivity contribution < 1.29 is 67.7 Å². The van der Waals surface area contributed by atoms with Crippen molar-refractivity contribution in [2.45, 2.75) is 104 Å². The summed E-state index contributed by atoms with van der Waals surface area (Å²) in [4.78, 5) is 55.0. The minimum Gasteiger partial charge on any atom is -0.457 e. The highest BCUT2D eigenvalue weighted by Crippen LogP contribution is 2.37. The molecule has 2 fully saturated rings. The lowest BCUT2D eigenvalue weighted by atomic mass is 9.93. The molecule has 3 aliphatic rings. The van der Waals surface area contributed by atoms with E-state index in [-0.39, 0.29) is 30.9 Å². The number of alkyl carbamates (subject to hydrolysis) is 1. The standard InChI is InChI=1S/C37H47Cl3N2O14Si/c1-20(44)53-31-27(42-32(47)22-12-8-9-13-23(22)33(42)48)35(51-14-15-57(2,3)4)55-25(18-50-17-21-10-6-5-7-11-21)30(31)56-34-26(29(46)28(45)24(16-43)54-34)41-36(49)52-19-37(38,39)40/h5-13,24-31,34-35,43,45-46H,14-19H2,1-4H3,(H,41,49)/t24-,25-,26-,27-,28-,29-,30-,31-,34+,35-/m1/s1. The molecule has 3 heterocycles. The number of hydrogen-bond acceptors (Lipinski definition) is 14. The number of fused-ring (bicyclic) bond motifs is 1. The molecule has 0 saturated carbocycles. The Kier molecular flexibility index (Phi) is 15.4. The first-order valence-electron chi connectivity index (χ1n) is 18.2. The van der Waals surface area contributed by atoms with E-state index in [4.69, 9.17) is 68.0 Å². The van der Waals surface area contributed by atoms with Gasteiger partial charge in [-0.25, -0.2) is 4.79 Å². The number of ether oxygens (including phenoxy) is 7. The van der Waals surface area contributed by atoms with Gasteiger partial charge in [0.2, 0.25) is 3.79 Å². The first-order chi connectivity index (χ1) is 26.9. The Bertz CT molecular complexity index is 1680. The third-order valence-corrected chi connectivity index (χ3v) is 11.4. The highest BCUT2D eigenvalue weighted by molar-refractivity contribution is 6.76. The van der Waals surface area contributed by atoms with Crippen LogP contribution in [0, 0.1) is 0 Å². The summed E-state index contributed by atoms with van der Waals surface area (Å²) in [6, 6.07) is 12.9. The minimum atomic E-state index is -1.99. The molecular weight excluding hydrogens is 831 g/mol. The Labute approximate surface area is 345 Å². The summed E-state index contributed by atoms with van der Waals surface area (Å²) in [5.41, 5.74) is 1.02. The van der Waals surface area contributed by atoms with E-state index in [0.717, 1.165) is 17.4 Å². The van der Waals surface area contributed by atoms with Crippen LogP contribution in [0.1, 0.15) is 33.2 Å². The van der Waals surface area contributed by atoms with Gasteiger partial charge in [-0.3, -0.25) is 19.3 Å². The van der Waals surface area contributed by atoms with Gasteiger partial charge >= 0.3 is 12.1 Å². The maximum Gasteiger partial charge on any atom is 0.407 e. The van der Waals surface area contributed by atoms with Gasteiger partial charge in [0.25, 0.3) is 11.8 Å². The van der Waals surface area contributed by atoms with Crippen LogP contribution in [0.25, 0.3) is 0 Å². The second-order valence-corrected chi connectivity index (χ2v) is 23.1. The van der Waals surface area contributed by atoms with Crippen molar-refractivity contribution in [1.82, 2.24) is 10.2 Å². The number of hydrogen-bond donors (Lipinski definition) is 4. The fourth-order valence-electron chi connectivity index (χ4n) is 6.58. The van der Waals surface area contributed by atoms with E-state index in [9.17, 15) is 34.5 Å². The predicted molar refractivity (Wildman–Crippen MR) is 206 cm³/mol. The van der Waals surface area contributed by atoms with Gasteiger partial charge in [-0.2, -0.15) is 0 Å². The van der Waals surface area contributed by atoms with Gasteiger partial charge in [0, 0.05) is 21.6 Å². The van der Waals surface area contributed by atoms with Crippen LogP contribution in [0.3, 0.4) is 0 Å². The molecule has 0 spiro atoms. The number of carbonyl (C=O) groups is 4. The Balaban J connectivity index is 1.57. The van der Waals surface area contributed by atoms with Gasteiger partial charge in [0.15, 0.2) is 18.7 Å². The highest BCUT2D eigenvalue weighted by atomic mass is 35.6. The molecule has 2 saturated heterocycles. The number of nitrogens with zero attached hydrogens (tertiary/aromatic N) is 1. The van der Waals surface area contributed by atoms with E-state index in [2.05, 4.69) is 25.0 Å². The number of imide groups is 1. The SMILES string of the molecule is CC(=O)O[C@H]1[C@H](O[C@@H]2O[C@H](CO)[C@@H](O)[C@H](O)[C@H]2NC(=O)OCC(Cl)(Cl)Cl)[C@@H](COCc2ccccc2)O[C@@H](OCC[Si](C)(C)C)[C@@H]1N1C(=O)c2ccccc2C1=O. The molecule has 0 bridgehead atoms. The molecule has 2 aromatic carbocycles. The Morgan fingerprint density at radius 3 is 2.09 bits per heavy atom. The second kappa shape index (κ2) is 19.4. The molecule has 0 aromatic heterocycles. The molecular formula is C37H47Cl3N2O14Si. The van der Waals surface area contributed by atoms with Gasteiger partial charge in [0.05, 0.1) is 30.9 Å². The number of carbonyl (C=O) groups excluding carboxylic acids is 4. The zero-order valence-electron chi connectivity index (χ0n) is 31.6. The molecule has 3 aliphatic heterocycles. The highest BCUT2D eigenvalue weighted by Gasteiger charge is 2.58. The maximum atomic E-state index is 14.1. The molecule has 0 aliphatic carbocycles. The van der Waals surface area contributed by atoms with Crippen molar-refractivity contribution in [3.8, 4) is 0 Å². The predicted octanol–water partition coefficient (Wildman–Crippen LogP) is 3.17. The van der Waals surface area contributed by atoms with Crippen molar-refractivity contribution in [3.63, 3.8) is 0 Å². The zero-order valence-corrected chi connectivity index (χ0v) is 34.9. The number of amides is 3. The smallest absolute Gasteiger partial charge is 0.407 e. The normalized spacial score (nSPS) is 29.2. The molecule has 10 atom stereocenters. The maximum absolute atomic E-state index is 14.1. The topological polar surface area (TPSA) is 209 Å². The molecule has 20 heteroatoms. The first kappa shape index (κ1) is 45.2. The van der Waals surface area contributed by atoms with Crippen LogP contribution >= 0.6 is 34.8 Å². The Morgan fingerprint density at radius 2 is 1.51 bits per heavy atom. The molecule has 0 unspecified atom stereocenters. The molecule has 57 heavy (non-hydrogen) atoms. The van der Waals surface area contributed by atoms with Crippen LogP contribution in [0.5, 0.6) is 0 Å². The molecule has 314 valence electrons. The fourth-order valence-corrected chi connectivity index (χ4v) is 7.48. The molecule has 0 radical (unpaired) electrons. The van der Waals surface area contributed by atoms with E-state index in [1.165, 1.54) is 12.1 Å². The number of aliphatic hydroxyl groups excluding tert-OH is 3. The van der Waals surface area contributed by atoms with E-state index < -0.39 is 110 Å². The lowest BCUT2D eigenvalue weighted by molar-refractivity contribution is -0.337. The number of aliphatic hydroxyl groups is 3. The van der Waals surface area contributed by atoms with Gasteiger partial charge in [-0.15, -0.1) is 0 Å². The van der Waals surface area contributed by atoms with Crippen LogP contribution in [-0.4, -0.2) is 144 Å². The van der Waals surface area contributed by atoms with E-state index in [0.29, 0.717) is 6.04 Å². The van der Waals surface area contributed by atoms with Gasteiger partial charge < -0.3 is 53.8 Å². The van der Waals surface area contributed by atoms with Crippen molar-refractivity contribution in [2.75, 3.05) is 26.4 Å². The molecule has 16 nitrogen and oxygen atoms in total. The second-order valence-electron chi connectivity index (χ2n) is 15.0. The van der Waals surface area contributed by atoms with E-state index in [1.54, 1.807) is 12.1 Å². The van der Waals surface area contributed by atoms with Crippen molar-refractivity contribution in [2.24, 2.45) is 0 Å². The summed E-state index contributed by atoms with van der Waals surface area (Å²) in [7, 11) is -1.71. The number of esters is 1. The Hall–Kier alpha value is -2.91. The summed E-state index contributed by atoms with van der Waals surface area (Å²) >= 11 is 17.2. The number of rotatable bonds is 15. The van der Waals surface area contributed by atoms with E-state index in [1.807, 2.05) is 30.3 Å². The monoisotopic (exact) mass is 876 g/mol. The summed E-state index contributed by atoms with van der Waals surface area (Å²) in [6.45, 7) is 6.05. The zero-order chi connectivity index (χ0) is 41.7. The average molecular weight is 878 g/mol. The van der Waals surface area contributed by atoms with Crippen molar-refractivity contribution in [1.29, 1.82) is 0 Å². The number of halogens is 3. The van der Waals surface area contributed by atoms with Crippen LogP contribution < -0.4 is 5.32 Å². The number of nitrogens with one attached hydrogen (secondary N) is 1. The third-order valence-electron chi connectivity index (χ3n) is 9.39. The summed E-state index contributed by atoms with van der Waals surface area (Å²) in [5, 5.41) is 34.4. The molecule has 4 N–H and O–H groups in total. The van der Waals surface area contributed by atoms with Crippen LogP contribution in [-0.2, 0) is 44.6 Å². The molecule has 3 amide bonds. The third kappa shape index (κ3) is 11.6. The number of alkyl halides is 3. The fraction of sp³-hybridized carbons (Fsp3) is 0.568. The van der Waals surface area contributed by atoms with Crippen molar-refractivity contribution >= 4 is 66.8 Å². The van der Waals surface area contributed by atoms with Gasteiger partial charge in [-0.05, 0) is 23.7 Å². The number of benzene rings is 2. The largest absolute Gasteiger partial charge is 0.457 e. The van der Waals surface area contributed by atoms with Crippen LogP contribution in [0.2, 0.25) is 25.7 Å². The van der Waals surface area contributed by atoms with Crippen LogP contribution in [0.15, 0.2) is 54.6 Å². The molecule has 2 aromatic rings. The summed E-state index contributed by atoms with van der Waals surface area (Å²) in [6.07, 6.45) is -13.7. The summed E-state index contributed by atoms with van der Waals surface area (Å²) < 4.78 is 40.3. The Morgan fingerprint density at radius 1 is 0.895 bits per heavy atom. The minimum absolute atomic E-state index is 0.102. The van der Waals surface area contributed by atoms with Crippen LogP contribution in [0.4, 0.5) is 4.79 Å². The van der Waals surface area contributed by atoms with Crippen molar-refractivity contribution in [3.05, 3.63) is 71.3 Å². The lowest BCUT2D eigenvalue weighted by Gasteiger charge is -2.50. The molecule has 5 rings (SSSR count). The average Bonchev–Trinajstić information content (AvgIpc) is 3.39. The van der Waals surface area contributed by atoms with Gasteiger partial charge in [-0.1, -0.05) is 96.9 Å². The lowest BCUT2D eigenvalue weighted by Crippen LogP contribution is -2.70. The van der Waals surface area contributed by atoms with Gasteiger partial charge in [0.1, 0.15) is 49.2 Å². The quantitative estimate of drug-likeness (QED) is 0.0878. The summed E-state index contributed by atoms with van der Waals surface area (Å²) in [5.74, 6) is -2.25.